The van der Waals surface area contributed by atoms with Gasteiger partial charge in [0.05, 0.1) is 15.6 Å². The van der Waals surface area contributed by atoms with E-state index in [1.54, 1.807) is 12.1 Å². The summed E-state index contributed by atoms with van der Waals surface area (Å²) in [7, 11) is -4.32. The lowest BCUT2D eigenvalue weighted by Gasteiger charge is -2.32. The number of anilines is 1. The minimum absolute atomic E-state index is 0.0532. The fourth-order valence-electron chi connectivity index (χ4n) is 3.68. The number of halogens is 3. The quantitative estimate of drug-likeness (QED) is 0.364. The van der Waals surface area contributed by atoms with Crippen molar-refractivity contribution >= 4 is 39.1 Å². The summed E-state index contributed by atoms with van der Waals surface area (Å²) in [5.41, 5.74) is 0.0980. The average molecular weight is 564 g/mol. The molecule has 3 aromatic rings. The van der Waals surface area contributed by atoms with Crippen molar-refractivity contribution in [3.8, 4) is 0 Å². The van der Waals surface area contributed by atoms with Crippen molar-refractivity contribution in [2.75, 3.05) is 17.4 Å². The van der Waals surface area contributed by atoms with Crippen LogP contribution in [0.4, 0.5) is 14.5 Å². The molecule has 0 aliphatic carbocycles. The third-order valence-corrected chi connectivity index (χ3v) is 7.89. The number of carbonyl (C=O) groups excluding carboxylic acids is 2. The van der Waals surface area contributed by atoms with Crippen LogP contribution in [0.3, 0.4) is 0 Å². The highest BCUT2D eigenvalue weighted by molar-refractivity contribution is 7.92. The van der Waals surface area contributed by atoms with Crippen LogP contribution < -0.4 is 9.62 Å². The molecule has 1 atom stereocenters. The molecule has 202 valence electrons. The molecule has 2 amide bonds. The molecular formula is C27H28ClF2N3O4S. The van der Waals surface area contributed by atoms with E-state index in [9.17, 15) is 26.8 Å². The molecule has 38 heavy (non-hydrogen) atoms. The third kappa shape index (κ3) is 6.87. The summed E-state index contributed by atoms with van der Waals surface area (Å²) in [6.07, 6.45) is 0.661. The van der Waals surface area contributed by atoms with Crippen LogP contribution in [0.1, 0.15) is 25.8 Å². The number of benzene rings is 3. The topological polar surface area (TPSA) is 86.8 Å². The monoisotopic (exact) mass is 563 g/mol. The minimum atomic E-state index is -4.32. The highest BCUT2D eigenvalue weighted by atomic mass is 35.5. The second-order valence-electron chi connectivity index (χ2n) is 8.50. The standard InChI is InChI=1S/C27H28ClF2N3O4S/c1-3-15-31-27(35)19(2)32(17-20-9-7-8-12-24(20)29)26(34)18-33(21-13-14-25(30)23(28)16-21)38(36,37)22-10-5-4-6-11-22/h4-14,16,19H,3,15,17-18H2,1-2H3,(H,31,35)/t19-/m0/s1. The number of carbonyl (C=O) groups is 2. The molecule has 0 fully saturated rings. The molecule has 0 saturated carbocycles. The molecule has 3 aromatic carbocycles. The molecule has 7 nitrogen and oxygen atoms in total. The predicted octanol–water partition coefficient (Wildman–Crippen LogP) is 4.76. The zero-order valence-corrected chi connectivity index (χ0v) is 22.5. The Balaban J connectivity index is 2.04. The molecule has 0 bridgehead atoms. The van der Waals surface area contributed by atoms with Gasteiger partial charge in [0.15, 0.2) is 0 Å². The van der Waals surface area contributed by atoms with Crippen LogP contribution in [-0.2, 0) is 26.2 Å². The van der Waals surface area contributed by atoms with Crippen LogP contribution in [-0.4, -0.2) is 44.3 Å². The summed E-state index contributed by atoms with van der Waals surface area (Å²) >= 11 is 5.93. The maximum atomic E-state index is 14.5. The fourth-order valence-corrected chi connectivity index (χ4v) is 5.28. The molecule has 0 radical (unpaired) electrons. The molecule has 0 aliphatic heterocycles. The lowest BCUT2D eigenvalue weighted by atomic mass is 10.1. The molecule has 1 N–H and O–H groups in total. The Kier molecular flexibility index (Phi) is 9.82. The van der Waals surface area contributed by atoms with Gasteiger partial charge in [0.1, 0.15) is 24.2 Å². The zero-order valence-electron chi connectivity index (χ0n) is 20.9. The van der Waals surface area contributed by atoms with Crippen molar-refractivity contribution in [1.29, 1.82) is 0 Å². The van der Waals surface area contributed by atoms with Crippen molar-refractivity contribution in [3.05, 3.63) is 95.0 Å². The maximum Gasteiger partial charge on any atom is 0.264 e. The van der Waals surface area contributed by atoms with E-state index in [4.69, 9.17) is 11.6 Å². The van der Waals surface area contributed by atoms with Crippen LogP contribution >= 0.6 is 11.6 Å². The first kappa shape index (κ1) is 29.1. The van der Waals surface area contributed by atoms with Crippen molar-refractivity contribution in [2.24, 2.45) is 0 Å². The molecule has 11 heteroatoms. The van der Waals surface area contributed by atoms with Gasteiger partial charge in [-0.2, -0.15) is 0 Å². The van der Waals surface area contributed by atoms with Crippen LogP contribution in [0.2, 0.25) is 5.02 Å². The number of hydrogen-bond donors (Lipinski definition) is 1. The van der Waals surface area contributed by atoms with Crippen LogP contribution in [0.25, 0.3) is 0 Å². The highest BCUT2D eigenvalue weighted by Crippen LogP contribution is 2.28. The summed E-state index contributed by atoms with van der Waals surface area (Å²) in [6, 6.07) is 15.4. The normalized spacial score (nSPS) is 12.0. The van der Waals surface area contributed by atoms with E-state index in [1.807, 2.05) is 6.92 Å². The number of nitrogens with zero attached hydrogens (tertiary/aromatic N) is 2. The van der Waals surface area contributed by atoms with Gasteiger partial charge >= 0.3 is 0 Å². The number of nitrogens with one attached hydrogen (secondary N) is 1. The van der Waals surface area contributed by atoms with E-state index in [0.29, 0.717) is 13.0 Å². The summed E-state index contributed by atoms with van der Waals surface area (Å²) in [5, 5.41) is 2.37. The Morgan fingerprint density at radius 3 is 2.26 bits per heavy atom. The van der Waals surface area contributed by atoms with Crippen molar-refractivity contribution in [2.45, 2.75) is 37.8 Å². The average Bonchev–Trinajstić information content (AvgIpc) is 2.91. The molecule has 0 unspecified atom stereocenters. The van der Waals surface area contributed by atoms with E-state index in [0.717, 1.165) is 21.3 Å². The Bertz CT molecular complexity index is 1390. The third-order valence-electron chi connectivity index (χ3n) is 5.82. The number of amides is 2. The Morgan fingerprint density at radius 1 is 0.974 bits per heavy atom. The van der Waals surface area contributed by atoms with Gasteiger partial charge in [0.2, 0.25) is 11.8 Å². The number of rotatable bonds is 11. The molecule has 0 aromatic heterocycles. The van der Waals surface area contributed by atoms with Crippen LogP contribution in [0, 0.1) is 11.6 Å². The molecule has 0 heterocycles. The van der Waals surface area contributed by atoms with E-state index in [-0.39, 0.29) is 27.7 Å². The van der Waals surface area contributed by atoms with Gasteiger partial charge < -0.3 is 10.2 Å². The fraction of sp³-hybridized carbons (Fsp3) is 0.259. The van der Waals surface area contributed by atoms with Gasteiger partial charge in [-0.05, 0) is 49.7 Å². The lowest BCUT2D eigenvalue weighted by Crippen LogP contribution is -2.51. The molecule has 3 rings (SSSR count). The van der Waals surface area contributed by atoms with Gasteiger partial charge in [-0.3, -0.25) is 13.9 Å². The largest absolute Gasteiger partial charge is 0.354 e. The smallest absolute Gasteiger partial charge is 0.264 e. The van der Waals surface area contributed by atoms with Crippen molar-refractivity contribution in [3.63, 3.8) is 0 Å². The van der Waals surface area contributed by atoms with Gasteiger partial charge in [0.25, 0.3) is 10.0 Å². The van der Waals surface area contributed by atoms with Crippen LogP contribution in [0.5, 0.6) is 0 Å². The summed E-state index contributed by atoms with van der Waals surface area (Å²) in [5.74, 6) is -2.59. The molecule has 0 aliphatic rings. The molecular weight excluding hydrogens is 536 g/mol. The molecule has 0 spiro atoms. The van der Waals surface area contributed by atoms with Gasteiger partial charge in [-0.25, -0.2) is 17.2 Å². The van der Waals surface area contributed by atoms with E-state index in [1.165, 1.54) is 55.5 Å². The lowest BCUT2D eigenvalue weighted by molar-refractivity contribution is -0.139. The van der Waals surface area contributed by atoms with Gasteiger partial charge in [0, 0.05) is 18.7 Å². The zero-order chi connectivity index (χ0) is 27.9. The maximum absolute atomic E-state index is 14.5. The van der Waals surface area contributed by atoms with E-state index < -0.39 is 46.1 Å². The van der Waals surface area contributed by atoms with Crippen molar-refractivity contribution in [1.82, 2.24) is 10.2 Å². The minimum Gasteiger partial charge on any atom is -0.354 e. The Hall–Kier alpha value is -3.50. The number of sulfonamides is 1. The first-order valence-electron chi connectivity index (χ1n) is 11.9. The van der Waals surface area contributed by atoms with E-state index >= 15 is 0 Å². The summed E-state index contributed by atoms with van der Waals surface area (Å²) in [4.78, 5) is 27.5. The Morgan fingerprint density at radius 2 is 1.63 bits per heavy atom. The SMILES string of the molecule is CCCNC(=O)[C@H](C)N(Cc1ccccc1F)C(=O)CN(c1ccc(F)c(Cl)c1)S(=O)(=O)c1ccccc1. The van der Waals surface area contributed by atoms with Crippen LogP contribution in [0.15, 0.2) is 77.7 Å². The number of hydrogen-bond acceptors (Lipinski definition) is 4. The predicted molar refractivity (Wildman–Crippen MR) is 142 cm³/mol. The summed E-state index contributed by atoms with van der Waals surface area (Å²) < 4.78 is 56.4. The van der Waals surface area contributed by atoms with Crippen molar-refractivity contribution < 1.29 is 26.8 Å². The van der Waals surface area contributed by atoms with Gasteiger partial charge in [-0.15, -0.1) is 0 Å². The van der Waals surface area contributed by atoms with E-state index in [2.05, 4.69) is 5.32 Å². The second kappa shape index (κ2) is 12.8. The summed E-state index contributed by atoms with van der Waals surface area (Å²) in [6.45, 7) is 2.68. The highest BCUT2D eigenvalue weighted by Gasteiger charge is 2.33. The van der Waals surface area contributed by atoms with Gasteiger partial charge in [-0.1, -0.05) is 54.9 Å². The first-order valence-corrected chi connectivity index (χ1v) is 13.7. The Labute approximate surface area is 226 Å². The molecule has 0 saturated heterocycles. The first-order chi connectivity index (χ1) is 18.1. The second-order valence-corrected chi connectivity index (χ2v) is 10.8.